The molecule has 0 saturated heterocycles. The van der Waals surface area contributed by atoms with Crippen molar-refractivity contribution in [3.05, 3.63) is 34.9 Å². The van der Waals surface area contributed by atoms with Crippen LogP contribution in [0.15, 0.2) is 18.2 Å². The minimum absolute atomic E-state index is 0.318. The number of benzene rings is 1. The predicted octanol–water partition coefficient (Wildman–Crippen LogP) is 1.35. The molecule has 0 aliphatic rings. The second-order valence-electron chi connectivity index (χ2n) is 3.90. The van der Waals surface area contributed by atoms with Crippen LogP contribution in [-0.4, -0.2) is 28.9 Å². The lowest BCUT2D eigenvalue weighted by Crippen LogP contribution is -2.32. The highest BCUT2D eigenvalue weighted by Crippen LogP contribution is 2.12. The summed E-state index contributed by atoms with van der Waals surface area (Å²) in [5, 5.41) is 8.56. The van der Waals surface area contributed by atoms with Crippen molar-refractivity contribution in [2.24, 2.45) is 0 Å². The first-order valence-corrected chi connectivity index (χ1v) is 4.96. The van der Waals surface area contributed by atoms with Crippen LogP contribution in [0.1, 0.15) is 16.7 Å². The molecule has 1 amide bonds. The first-order chi connectivity index (χ1) is 7.41. The lowest BCUT2D eigenvalue weighted by molar-refractivity contribution is -0.155. The van der Waals surface area contributed by atoms with Crippen molar-refractivity contribution in [1.82, 2.24) is 4.90 Å². The number of carboxylic acids is 1. The first kappa shape index (κ1) is 12.2. The van der Waals surface area contributed by atoms with Crippen molar-refractivity contribution in [2.45, 2.75) is 20.4 Å². The molecule has 0 fully saturated rings. The Balaban J connectivity index is 2.84. The highest BCUT2D eigenvalue weighted by atomic mass is 16.4. The van der Waals surface area contributed by atoms with E-state index in [1.807, 2.05) is 32.0 Å². The summed E-state index contributed by atoms with van der Waals surface area (Å²) in [4.78, 5) is 22.9. The Labute approximate surface area is 94.5 Å². The number of carboxylic acid groups (broad SMARTS) is 1. The summed E-state index contributed by atoms with van der Waals surface area (Å²) in [6.07, 6.45) is 0. The summed E-state index contributed by atoms with van der Waals surface area (Å²) in [7, 11) is 1.48. The van der Waals surface area contributed by atoms with Crippen LogP contribution in [-0.2, 0) is 16.1 Å². The van der Waals surface area contributed by atoms with E-state index in [2.05, 4.69) is 0 Å². The van der Waals surface area contributed by atoms with Gasteiger partial charge in [0.15, 0.2) is 0 Å². The molecule has 1 N–H and O–H groups in total. The van der Waals surface area contributed by atoms with Crippen LogP contribution >= 0.6 is 0 Å². The van der Waals surface area contributed by atoms with Crippen LogP contribution in [0, 0.1) is 13.8 Å². The minimum Gasteiger partial charge on any atom is -0.474 e. The molecular weight excluding hydrogens is 206 g/mol. The van der Waals surface area contributed by atoms with Crippen molar-refractivity contribution < 1.29 is 14.7 Å². The van der Waals surface area contributed by atoms with Gasteiger partial charge in [-0.3, -0.25) is 4.79 Å². The van der Waals surface area contributed by atoms with Crippen molar-refractivity contribution in [2.75, 3.05) is 7.05 Å². The SMILES string of the molecule is Cc1ccc(C)c(CN(C)C(=O)C(=O)O)c1. The number of likely N-dealkylation sites (N-methyl/N-ethyl adjacent to an activating group) is 1. The molecule has 1 aromatic carbocycles. The largest absolute Gasteiger partial charge is 0.474 e. The summed E-state index contributed by atoms with van der Waals surface area (Å²) < 4.78 is 0. The van der Waals surface area contributed by atoms with Gasteiger partial charge in [-0.25, -0.2) is 4.79 Å². The standard InChI is InChI=1S/C12H15NO3/c1-8-4-5-9(2)10(6-8)7-13(3)11(14)12(15)16/h4-6H,7H2,1-3H3,(H,15,16). The number of carbonyl (C=O) groups is 2. The molecule has 0 aromatic heterocycles. The summed E-state index contributed by atoms with van der Waals surface area (Å²) in [5.41, 5.74) is 3.12. The predicted molar refractivity (Wildman–Crippen MR) is 60.0 cm³/mol. The number of carbonyl (C=O) groups excluding carboxylic acids is 1. The van der Waals surface area contributed by atoms with Crippen molar-refractivity contribution >= 4 is 11.9 Å². The van der Waals surface area contributed by atoms with Crippen molar-refractivity contribution in [3.8, 4) is 0 Å². The van der Waals surface area contributed by atoms with Gasteiger partial charge in [-0.1, -0.05) is 23.8 Å². The maximum Gasteiger partial charge on any atom is 0.394 e. The molecule has 0 aliphatic carbocycles. The van der Waals surface area contributed by atoms with E-state index in [-0.39, 0.29) is 0 Å². The summed E-state index contributed by atoms with van der Waals surface area (Å²) in [6, 6.07) is 5.91. The molecule has 1 rings (SSSR count). The molecule has 0 heterocycles. The Morgan fingerprint density at radius 1 is 1.31 bits per heavy atom. The van der Waals surface area contributed by atoms with E-state index in [1.165, 1.54) is 11.9 Å². The maximum atomic E-state index is 11.2. The molecule has 16 heavy (non-hydrogen) atoms. The van der Waals surface area contributed by atoms with Gasteiger partial charge in [0.25, 0.3) is 0 Å². The van der Waals surface area contributed by atoms with Crippen molar-refractivity contribution in [1.29, 1.82) is 0 Å². The van der Waals surface area contributed by atoms with E-state index in [0.29, 0.717) is 6.54 Å². The Kier molecular flexibility index (Phi) is 3.66. The number of amides is 1. The molecule has 4 heteroatoms. The van der Waals surface area contributed by atoms with Gasteiger partial charge in [-0.15, -0.1) is 0 Å². The summed E-state index contributed by atoms with van der Waals surface area (Å²) in [6.45, 7) is 4.22. The van der Waals surface area contributed by atoms with Crippen LogP contribution in [0.3, 0.4) is 0 Å². The van der Waals surface area contributed by atoms with Gasteiger partial charge < -0.3 is 10.0 Å². The number of aryl methyl sites for hydroxylation is 2. The van der Waals surface area contributed by atoms with Crippen LogP contribution < -0.4 is 0 Å². The second kappa shape index (κ2) is 4.79. The molecular formula is C12H15NO3. The van der Waals surface area contributed by atoms with Gasteiger partial charge in [0.1, 0.15) is 0 Å². The maximum absolute atomic E-state index is 11.2. The van der Waals surface area contributed by atoms with E-state index in [4.69, 9.17) is 5.11 Å². The fourth-order valence-corrected chi connectivity index (χ4v) is 1.46. The van der Waals surface area contributed by atoms with E-state index in [0.717, 1.165) is 16.7 Å². The molecule has 0 saturated carbocycles. The highest BCUT2D eigenvalue weighted by molar-refractivity contribution is 6.31. The number of hydrogen-bond acceptors (Lipinski definition) is 2. The first-order valence-electron chi connectivity index (χ1n) is 4.96. The van der Waals surface area contributed by atoms with Gasteiger partial charge in [0, 0.05) is 13.6 Å². The van der Waals surface area contributed by atoms with Gasteiger partial charge in [-0.05, 0) is 25.0 Å². The van der Waals surface area contributed by atoms with Crippen molar-refractivity contribution in [3.63, 3.8) is 0 Å². The highest BCUT2D eigenvalue weighted by Gasteiger charge is 2.17. The molecule has 0 spiro atoms. The van der Waals surface area contributed by atoms with Crippen LogP contribution in [0.5, 0.6) is 0 Å². The Hall–Kier alpha value is -1.84. The lowest BCUT2D eigenvalue weighted by atomic mass is 10.1. The zero-order valence-electron chi connectivity index (χ0n) is 9.65. The van der Waals surface area contributed by atoms with Gasteiger partial charge in [0.05, 0.1) is 0 Å². The van der Waals surface area contributed by atoms with Crippen LogP contribution in [0.4, 0.5) is 0 Å². The summed E-state index contributed by atoms with van der Waals surface area (Å²) in [5.74, 6) is -2.31. The third kappa shape index (κ3) is 2.82. The average Bonchev–Trinajstić information content (AvgIpc) is 2.22. The van der Waals surface area contributed by atoms with Gasteiger partial charge in [0.2, 0.25) is 0 Å². The second-order valence-corrected chi connectivity index (χ2v) is 3.90. The Bertz CT molecular complexity index is 426. The molecule has 0 aliphatic heterocycles. The lowest BCUT2D eigenvalue weighted by Gasteiger charge is -2.16. The molecule has 0 atom stereocenters. The number of hydrogen-bond donors (Lipinski definition) is 1. The molecule has 86 valence electrons. The van der Waals surface area contributed by atoms with E-state index >= 15 is 0 Å². The van der Waals surface area contributed by atoms with Gasteiger partial charge in [-0.2, -0.15) is 0 Å². The molecule has 4 nitrogen and oxygen atoms in total. The quantitative estimate of drug-likeness (QED) is 0.767. The smallest absolute Gasteiger partial charge is 0.394 e. The minimum atomic E-state index is -1.42. The third-order valence-electron chi connectivity index (χ3n) is 2.44. The molecule has 0 bridgehead atoms. The Morgan fingerprint density at radius 2 is 1.94 bits per heavy atom. The summed E-state index contributed by atoms with van der Waals surface area (Å²) >= 11 is 0. The fraction of sp³-hybridized carbons (Fsp3) is 0.333. The zero-order valence-corrected chi connectivity index (χ0v) is 9.65. The molecule has 0 unspecified atom stereocenters. The number of aliphatic carboxylic acids is 1. The van der Waals surface area contributed by atoms with E-state index in [1.54, 1.807) is 0 Å². The third-order valence-corrected chi connectivity index (χ3v) is 2.44. The molecule has 1 aromatic rings. The number of rotatable bonds is 2. The van der Waals surface area contributed by atoms with Crippen LogP contribution in [0.2, 0.25) is 0 Å². The van der Waals surface area contributed by atoms with E-state index < -0.39 is 11.9 Å². The monoisotopic (exact) mass is 221 g/mol. The van der Waals surface area contributed by atoms with Crippen LogP contribution in [0.25, 0.3) is 0 Å². The Morgan fingerprint density at radius 3 is 2.50 bits per heavy atom. The normalized spacial score (nSPS) is 9.94. The average molecular weight is 221 g/mol. The van der Waals surface area contributed by atoms with Gasteiger partial charge >= 0.3 is 11.9 Å². The topological polar surface area (TPSA) is 57.6 Å². The number of nitrogens with zero attached hydrogens (tertiary/aromatic N) is 1. The van der Waals surface area contributed by atoms with E-state index in [9.17, 15) is 9.59 Å². The molecule has 0 radical (unpaired) electrons. The fourth-order valence-electron chi connectivity index (χ4n) is 1.46. The zero-order chi connectivity index (χ0) is 12.3.